The van der Waals surface area contributed by atoms with Crippen molar-refractivity contribution in [1.82, 2.24) is 9.21 Å². The third-order valence-electron chi connectivity index (χ3n) is 4.31. The van der Waals surface area contributed by atoms with Gasteiger partial charge < -0.3 is 16.2 Å². The lowest BCUT2D eigenvalue weighted by Crippen LogP contribution is -2.45. The van der Waals surface area contributed by atoms with E-state index in [1.54, 1.807) is 31.1 Å². The highest BCUT2D eigenvalue weighted by Crippen LogP contribution is 2.23. The van der Waals surface area contributed by atoms with Crippen molar-refractivity contribution in [3.8, 4) is 0 Å². The van der Waals surface area contributed by atoms with E-state index < -0.39 is 16.1 Å². The Labute approximate surface area is 175 Å². The Morgan fingerprint density at radius 3 is 2.28 bits per heavy atom. The van der Waals surface area contributed by atoms with Gasteiger partial charge in [-0.3, -0.25) is 9.69 Å². The van der Waals surface area contributed by atoms with Crippen LogP contribution in [0.5, 0.6) is 0 Å². The highest BCUT2D eigenvalue weighted by molar-refractivity contribution is 7.89. The Morgan fingerprint density at radius 1 is 1.14 bits per heavy atom. The van der Waals surface area contributed by atoms with E-state index in [4.69, 9.17) is 16.2 Å². The van der Waals surface area contributed by atoms with Crippen LogP contribution in [-0.4, -0.2) is 70.0 Å². The molecule has 166 valence electrons. The zero-order chi connectivity index (χ0) is 22.0. The second-order valence-electron chi connectivity index (χ2n) is 7.90. The number of nitrogens with two attached hydrogens (primary N) is 2. The van der Waals surface area contributed by atoms with Crippen LogP contribution in [-0.2, 0) is 19.6 Å². The van der Waals surface area contributed by atoms with Crippen molar-refractivity contribution in [3.05, 3.63) is 24.3 Å². The normalized spacial score (nSPS) is 13.2. The number of anilines is 1. The number of sulfonamides is 1. The molecule has 0 bridgehead atoms. The van der Waals surface area contributed by atoms with E-state index in [1.165, 1.54) is 16.4 Å². The largest absolute Gasteiger partial charge is 0.463 e. The maximum Gasteiger partial charge on any atom is 0.320 e. The molecular weight excluding hydrogens is 392 g/mol. The summed E-state index contributed by atoms with van der Waals surface area (Å²) in [5, 5.41) is 0. The molecule has 0 aliphatic heterocycles. The van der Waals surface area contributed by atoms with Gasteiger partial charge in [0.1, 0.15) is 6.61 Å². The predicted octanol–water partition coefficient (Wildman–Crippen LogP) is 1.52. The molecule has 1 aromatic carbocycles. The highest BCUT2D eigenvalue weighted by Gasteiger charge is 2.32. The van der Waals surface area contributed by atoms with Gasteiger partial charge in [-0.25, -0.2) is 8.42 Å². The minimum absolute atomic E-state index is 0.0121. The fourth-order valence-corrected chi connectivity index (χ4v) is 4.71. The first kappa shape index (κ1) is 25.4. The molecule has 1 unspecified atom stereocenters. The molecule has 0 spiro atoms. The van der Waals surface area contributed by atoms with Crippen LogP contribution in [0, 0.1) is 5.92 Å². The van der Waals surface area contributed by atoms with Gasteiger partial charge in [-0.1, -0.05) is 20.3 Å². The number of carbonyl (C=O) groups excluding carboxylic acids is 1. The molecule has 4 N–H and O–H groups in total. The Morgan fingerprint density at radius 2 is 1.76 bits per heavy atom. The van der Waals surface area contributed by atoms with E-state index in [9.17, 15) is 13.2 Å². The molecule has 0 saturated heterocycles. The van der Waals surface area contributed by atoms with E-state index in [2.05, 4.69) is 0 Å². The zero-order valence-corrected chi connectivity index (χ0v) is 18.8. The van der Waals surface area contributed by atoms with E-state index in [1.807, 2.05) is 13.8 Å². The van der Waals surface area contributed by atoms with Gasteiger partial charge in [-0.05, 0) is 63.7 Å². The number of rotatable bonds is 13. The number of benzene rings is 1. The van der Waals surface area contributed by atoms with Crippen LogP contribution >= 0.6 is 0 Å². The zero-order valence-electron chi connectivity index (χ0n) is 18.0. The van der Waals surface area contributed by atoms with Crippen molar-refractivity contribution in [3.63, 3.8) is 0 Å². The second kappa shape index (κ2) is 12.1. The summed E-state index contributed by atoms with van der Waals surface area (Å²) in [4.78, 5) is 13.9. The molecule has 0 amide bonds. The molecule has 1 atom stereocenters. The van der Waals surface area contributed by atoms with Crippen LogP contribution in [0.25, 0.3) is 0 Å². The van der Waals surface area contributed by atoms with Crippen LogP contribution in [0.1, 0.15) is 33.1 Å². The summed E-state index contributed by atoms with van der Waals surface area (Å²) in [7, 11) is -0.227. The lowest BCUT2D eigenvalue weighted by Gasteiger charge is -2.32. The molecule has 0 aliphatic carbocycles. The van der Waals surface area contributed by atoms with E-state index in [-0.39, 0.29) is 29.9 Å². The Kier molecular flexibility index (Phi) is 10.6. The topological polar surface area (TPSA) is 119 Å². The first-order valence-electron chi connectivity index (χ1n) is 9.95. The molecule has 8 nitrogen and oxygen atoms in total. The lowest BCUT2D eigenvalue weighted by molar-refractivity contribution is -0.145. The average molecular weight is 429 g/mol. The van der Waals surface area contributed by atoms with Gasteiger partial charge >= 0.3 is 5.97 Å². The smallest absolute Gasteiger partial charge is 0.320 e. The first-order chi connectivity index (χ1) is 13.6. The average Bonchev–Trinajstić information content (AvgIpc) is 2.62. The second-order valence-corrected chi connectivity index (χ2v) is 9.79. The van der Waals surface area contributed by atoms with Gasteiger partial charge in [0.25, 0.3) is 0 Å². The Balaban J connectivity index is 3.14. The van der Waals surface area contributed by atoms with Crippen molar-refractivity contribution in [2.75, 3.05) is 46.1 Å². The summed E-state index contributed by atoms with van der Waals surface area (Å²) in [5.74, 6) is -0.277. The van der Waals surface area contributed by atoms with Gasteiger partial charge in [0, 0.05) is 12.2 Å². The molecule has 9 heteroatoms. The first-order valence-corrected chi connectivity index (χ1v) is 11.4. The summed E-state index contributed by atoms with van der Waals surface area (Å²) in [6.07, 6.45) is 2.09. The summed E-state index contributed by atoms with van der Waals surface area (Å²) in [6.45, 7) is 4.93. The summed E-state index contributed by atoms with van der Waals surface area (Å²) in [5.41, 5.74) is 11.8. The van der Waals surface area contributed by atoms with Crippen molar-refractivity contribution in [2.24, 2.45) is 11.7 Å². The summed E-state index contributed by atoms with van der Waals surface area (Å²) >= 11 is 0. The quantitative estimate of drug-likeness (QED) is 0.278. The molecule has 1 aromatic rings. The number of nitrogen functional groups attached to an aromatic ring is 1. The van der Waals surface area contributed by atoms with Crippen LogP contribution < -0.4 is 11.5 Å². The van der Waals surface area contributed by atoms with E-state index >= 15 is 0 Å². The standard InChI is InChI=1S/C20H36N4O4S/c1-16(2)13-24(29(26,27)19-10-8-17(22)9-11-19)18(7-5-6-12-21)15-28-20(25)14-23(3)4/h8-11,16,18H,5-7,12-15,21-22H2,1-4H3. The van der Waals surface area contributed by atoms with Crippen LogP contribution in [0.2, 0.25) is 0 Å². The van der Waals surface area contributed by atoms with Crippen molar-refractivity contribution < 1.29 is 17.9 Å². The third-order valence-corrected chi connectivity index (χ3v) is 6.25. The number of hydrogen-bond donors (Lipinski definition) is 2. The van der Waals surface area contributed by atoms with E-state index in [0.717, 1.165) is 12.8 Å². The van der Waals surface area contributed by atoms with Crippen LogP contribution in [0.4, 0.5) is 5.69 Å². The van der Waals surface area contributed by atoms with Gasteiger partial charge in [0.15, 0.2) is 0 Å². The maximum absolute atomic E-state index is 13.4. The number of ether oxygens (including phenoxy) is 1. The lowest BCUT2D eigenvalue weighted by atomic mass is 10.1. The van der Waals surface area contributed by atoms with Gasteiger partial charge in [0.2, 0.25) is 10.0 Å². The number of likely N-dealkylation sites (N-methyl/N-ethyl adjacent to an activating group) is 1. The number of unbranched alkanes of at least 4 members (excludes halogenated alkanes) is 1. The molecule has 0 radical (unpaired) electrons. The molecule has 0 heterocycles. The number of hydrogen-bond acceptors (Lipinski definition) is 7. The van der Waals surface area contributed by atoms with Crippen molar-refractivity contribution >= 4 is 21.7 Å². The number of esters is 1. The van der Waals surface area contributed by atoms with E-state index in [0.29, 0.717) is 25.2 Å². The SMILES string of the molecule is CC(C)CN(C(CCCCN)COC(=O)CN(C)C)S(=O)(=O)c1ccc(N)cc1. The molecule has 0 fully saturated rings. The molecule has 0 saturated carbocycles. The number of carbonyl (C=O) groups is 1. The molecule has 0 aliphatic rings. The maximum atomic E-state index is 13.4. The van der Waals surface area contributed by atoms with Gasteiger partial charge in [-0.2, -0.15) is 4.31 Å². The molecule has 29 heavy (non-hydrogen) atoms. The molecular formula is C20H36N4O4S. The fourth-order valence-electron chi connectivity index (χ4n) is 2.91. The molecule has 1 rings (SSSR count). The van der Waals surface area contributed by atoms with Gasteiger partial charge in [0.05, 0.1) is 17.5 Å². The Hall–Kier alpha value is -1.68. The van der Waals surface area contributed by atoms with Crippen LogP contribution in [0.3, 0.4) is 0 Å². The minimum Gasteiger partial charge on any atom is -0.463 e. The molecule has 0 aromatic heterocycles. The fraction of sp³-hybridized carbons (Fsp3) is 0.650. The third kappa shape index (κ3) is 8.69. The minimum atomic E-state index is -3.78. The monoisotopic (exact) mass is 428 g/mol. The van der Waals surface area contributed by atoms with Crippen molar-refractivity contribution in [1.29, 1.82) is 0 Å². The summed E-state index contributed by atoms with van der Waals surface area (Å²) < 4.78 is 33.7. The van der Waals surface area contributed by atoms with Gasteiger partial charge in [-0.15, -0.1) is 0 Å². The summed E-state index contributed by atoms with van der Waals surface area (Å²) in [6, 6.07) is 5.69. The number of nitrogens with zero attached hydrogens (tertiary/aromatic N) is 2. The van der Waals surface area contributed by atoms with Crippen molar-refractivity contribution in [2.45, 2.75) is 44.0 Å². The predicted molar refractivity (Wildman–Crippen MR) is 116 cm³/mol. The Bertz CT molecular complexity index is 721. The highest BCUT2D eigenvalue weighted by atomic mass is 32.2. The van der Waals surface area contributed by atoms with Crippen LogP contribution in [0.15, 0.2) is 29.2 Å².